The Bertz CT molecular complexity index is 329. The van der Waals surface area contributed by atoms with Gasteiger partial charge in [-0.1, -0.05) is 30.7 Å². The van der Waals surface area contributed by atoms with Crippen LogP contribution in [-0.4, -0.2) is 31.5 Å². The van der Waals surface area contributed by atoms with Crippen LogP contribution in [0.25, 0.3) is 0 Å². The minimum absolute atomic E-state index is 0.184. The van der Waals surface area contributed by atoms with Crippen LogP contribution in [0, 0.1) is 0 Å². The molecule has 0 amide bonds. The molecule has 0 aliphatic carbocycles. The molecule has 1 unspecified atom stereocenters. The van der Waals surface area contributed by atoms with Gasteiger partial charge in [0, 0.05) is 31.3 Å². The molecule has 0 saturated heterocycles. The van der Waals surface area contributed by atoms with E-state index in [1.807, 2.05) is 31.2 Å². The maximum Gasteiger partial charge on any atom is 0.0662 e. The van der Waals surface area contributed by atoms with Crippen LogP contribution in [0.1, 0.15) is 31.4 Å². The van der Waals surface area contributed by atoms with E-state index in [4.69, 9.17) is 16.3 Å². The van der Waals surface area contributed by atoms with Crippen LogP contribution < -0.4 is 5.32 Å². The third kappa shape index (κ3) is 5.36. The molecule has 18 heavy (non-hydrogen) atoms. The van der Waals surface area contributed by atoms with Gasteiger partial charge < -0.3 is 15.2 Å². The number of ether oxygens (including phenoxy) is 1. The fraction of sp³-hybridized carbons (Fsp3) is 0.571. The molecule has 1 aromatic carbocycles. The molecule has 1 aromatic rings. The Labute approximate surface area is 114 Å². The van der Waals surface area contributed by atoms with Crippen LogP contribution in [0.4, 0.5) is 0 Å². The highest BCUT2D eigenvalue weighted by molar-refractivity contribution is 6.30. The summed E-state index contributed by atoms with van der Waals surface area (Å²) in [6.07, 6.45) is 1.32. The van der Waals surface area contributed by atoms with E-state index >= 15 is 0 Å². The van der Waals surface area contributed by atoms with Gasteiger partial charge in [-0.3, -0.25) is 0 Å². The Morgan fingerprint density at radius 1 is 1.33 bits per heavy atom. The first kappa shape index (κ1) is 15.4. The average Bonchev–Trinajstić information content (AvgIpc) is 2.40. The van der Waals surface area contributed by atoms with Gasteiger partial charge in [0.2, 0.25) is 0 Å². The van der Waals surface area contributed by atoms with Gasteiger partial charge in [-0.15, -0.1) is 0 Å². The van der Waals surface area contributed by atoms with Gasteiger partial charge in [-0.05, 0) is 30.5 Å². The fourth-order valence-electron chi connectivity index (χ4n) is 1.74. The van der Waals surface area contributed by atoms with E-state index in [1.54, 1.807) is 7.11 Å². The molecule has 0 fully saturated rings. The van der Waals surface area contributed by atoms with E-state index in [0.29, 0.717) is 13.2 Å². The molecule has 0 saturated carbocycles. The first-order chi connectivity index (χ1) is 8.67. The average molecular weight is 272 g/mol. The quantitative estimate of drug-likeness (QED) is 0.764. The Hall–Kier alpha value is -0.610. The van der Waals surface area contributed by atoms with Crippen LogP contribution >= 0.6 is 11.6 Å². The molecule has 0 aliphatic rings. The molecule has 4 heteroatoms. The van der Waals surface area contributed by atoms with Crippen molar-refractivity contribution >= 4 is 11.6 Å². The number of nitrogens with one attached hydrogen (secondary N) is 1. The molecule has 0 aliphatic heterocycles. The Kier molecular flexibility index (Phi) is 7.28. The van der Waals surface area contributed by atoms with Crippen molar-refractivity contribution in [2.24, 2.45) is 0 Å². The summed E-state index contributed by atoms with van der Waals surface area (Å²) in [6.45, 7) is 3.24. The maximum atomic E-state index is 9.61. The molecule has 2 N–H and O–H groups in total. The van der Waals surface area contributed by atoms with Crippen molar-refractivity contribution in [1.29, 1.82) is 0 Å². The predicted octanol–water partition coefficient (Wildman–Crippen LogP) is 2.78. The molecule has 2 atom stereocenters. The van der Waals surface area contributed by atoms with Gasteiger partial charge in [-0.2, -0.15) is 0 Å². The van der Waals surface area contributed by atoms with Crippen LogP contribution in [0.3, 0.4) is 0 Å². The summed E-state index contributed by atoms with van der Waals surface area (Å²) < 4.78 is 5.12. The second-order valence-electron chi connectivity index (χ2n) is 4.36. The summed E-state index contributed by atoms with van der Waals surface area (Å²) in [5, 5.41) is 13.7. The lowest BCUT2D eigenvalue weighted by atomic mass is 10.0. The summed E-state index contributed by atoms with van der Waals surface area (Å²) in [7, 11) is 1.69. The van der Waals surface area contributed by atoms with Crippen LogP contribution in [-0.2, 0) is 4.74 Å². The molecular weight excluding hydrogens is 250 g/mol. The van der Waals surface area contributed by atoms with Crippen molar-refractivity contribution in [3.63, 3.8) is 0 Å². The minimum atomic E-state index is -0.303. The highest BCUT2D eigenvalue weighted by Gasteiger charge is 2.12. The highest BCUT2D eigenvalue weighted by Crippen LogP contribution is 2.19. The summed E-state index contributed by atoms with van der Waals surface area (Å²) in [6, 6.07) is 7.97. The zero-order chi connectivity index (χ0) is 13.4. The summed E-state index contributed by atoms with van der Waals surface area (Å²) >= 11 is 5.89. The number of benzene rings is 1. The third-order valence-corrected chi connectivity index (χ3v) is 3.21. The molecule has 0 spiro atoms. The Balaban J connectivity index is 2.62. The maximum absolute atomic E-state index is 9.61. The van der Waals surface area contributed by atoms with Gasteiger partial charge >= 0.3 is 0 Å². The van der Waals surface area contributed by atoms with Gasteiger partial charge in [-0.25, -0.2) is 0 Å². The SMILES string of the molecule is CC[C@@H](O)CNC(CCOC)c1ccc(Cl)cc1. The summed E-state index contributed by atoms with van der Waals surface area (Å²) in [4.78, 5) is 0. The van der Waals surface area contributed by atoms with Crippen molar-refractivity contribution in [3.8, 4) is 0 Å². The van der Waals surface area contributed by atoms with Gasteiger partial charge in [0.1, 0.15) is 0 Å². The molecule has 0 aromatic heterocycles. The van der Waals surface area contributed by atoms with Crippen molar-refractivity contribution in [2.75, 3.05) is 20.3 Å². The predicted molar refractivity (Wildman–Crippen MR) is 75.0 cm³/mol. The van der Waals surface area contributed by atoms with E-state index in [2.05, 4.69) is 5.32 Å². The molecule has 3 nitrogen and oxygen atoms in total. The first-order valence-electron chi connectivity index (χ1n) is 6.33. The first-order valence-corrected chi connectivity index (χ1v) is 6.71. The van der Waals surface area contributed by atoms with E-state index in [1.165, 1.54) is 5.56 Å². The number of halogens is 1. The monoisotopic (exact) mass is 271 g/mol. The topological polar surface area (TPSA) is 41.5 Å². The second kappa shape index (κ2) is 8.48. The number of hydrogen-bond donors (Lipinski definition) is 2. The normalized spacial score (nSPS) is 14.4. The number of aliphatic hydroxyl groups is 1. The number of aliphatic hydroxyl groups excluding tert-OH is 1. The van der Waals surface area contributed by atoms with Crippen molar-refractivity contribution in [2.45, 2.75) is 31.9 Å². The molecule has 0 bridgehead atoms. The molecule has 0 radical (unpaired) electrons. The van der Waals surface area contributed by atoms with Crippen LogP contribution in [0.5, 0.6) is 0 Å². The van der Waals surface area contributed by atoms with Crippen molar-refractivity contribution < 1.29 is 9.84 Å². The lowest BCUT2D eigenvalue weighted by Gasteiger charge is -2.20. The zero-order valence-corrected chi connectivity index (χ0v) is 11.8. The van der Waals surface area contributed by atoms with Crippen LogP contribution in [0.15, 0.2) is 24.3 Å². The summed E-state index contributed by atoms with van der Waals surface area (Å²) in [5.74, 6) is 0. The smallest absolute Gasteiger partial charge is 0.0662 e. The standard InChI is InChI=1S/C14H22ClNO2/c1-3-13(17)10-16-14(8-9-18-2)11-4-6-12(15)7-5-11/h4-7,13-14,16-17H,3,8-10H2,1-2H3/t13-,14?/m1/s1. The van der Waals surface area contributed by atoms with E-state index in [-0.39, 0.29) is 12.1 Å². The van der Waals surface area contributed by atoms with Gasteiger partial charge in [0.15, 0.2) is 0 Å². The fourth-order valence-corrected chi connectivity index (χ4v) is 1.87. The van der Waals surface area contributed by atoms with Crippen molar-refractivity contribution in [1.82, 2.24) is 5.32 Å². The number of hydrogen-bond acceptors (Lipinski definition) is 3. The van der Waals surface area contributed by atoms with Gasteiger partial charge in [0.25, 0.3) is 0 Å². The van der Waals surface area contributed by atoms with E-state index < -0.39 is 0 Å². The molecular formula is C14H22ClNO2. The molecule has 0 heterocycles. The van der Waals surface area contributed by atoms with Crippen LogP contribution in [0.2, 0.25) is 5.02 Å². The Morgan fingerprint density at radius 3 is 2.56 bits per heavy atom. The zero-order valence-electron chi connectivity index (χ0n) is 11.0. The second-order valence-corrected chi connectivity index (χ2v) is 4.79. The Morgan fingerprint density at radius 2 is 2.00 bits per heavy atom. The number of rotatable bonds is 8. The minimum Gasteiger partial charge on any atom is -0.392 e. The lowest BCUT2D eigenvalue weighted by Crippen LogP contribution is -2.30. The van der Waals surface area contributed by atoms with E-state index in [9.17, 15) is 5.11 Å². The largest absolute Gasteiger partial charge is 0.392 e. The molecule has 1 rings (SSSR count). The van der Waals surface area contributed by atoms with Crippen molar-refractivity contribution in [3.05, 3.63) is 34.9 Å². The molecule has 102 valence electrons. The third-order valence-electron chi connectivity index (χ3n) is 2.95. The lowest BCUT2D eigenvalue weighted by molar-refractivity contribution is 0.152. The van der Waals surface area contributed by atoms with E-state index in [0.717, 1.165) is 17.9 Å². The number of methoxy groups -OCH3 is 1. The highest BCUT2D eigenvalue weighted by atomic mass is 35.5. The summed E-state index contributed by atoms with van der Waals surface area (Å²) in [5.41, 5.74) is 1.17. The van der Waals surface area contributed by atoms with Gasteiger partial charge in [0.05, 0.1) is 6.10 Å².